The fraction of sp³-hybridized carbons (Fsp3) is 0.267. The van der Waals surface area contributed by atoms with Gasteiger partial charge in [-0.05, 0) is 30.3 Å². The lowest BCUT2D eigenvalue weighted by atomic mass is 10.1. The Kier molecular flexibility index (Phi) is 5.78. The summed E-state index contributed by atoms with van der Waals surface area (Å²) in [5.41, 5.74) is 1.48. The Labute approximate surface area is 135 Å². The molecule has 3 N–H and O–H groups in total. The van der Waals surface area contributed by atoms with E-state index >= 15 is 0 Å². The predicted octanol–water partition coefficient (Wildman–Crippen LogP) is 1.33. The molecule has 7 nitrogen and oxygen atoms in total. The fourth-order valence-electron chi connectivity index (χ4n) is 1.95. The van der Waals surface area contributed by atoms with Crippen LogP contribution in [0, 0.1) is 0 Å². The lowest BCUT2D eigenvalue weighted by Gasteiger charge is -2.08. The molecule has 8 heteroatoms. The highest BCUT2D eigenvalue weighted by atomic mass is 32.2. The van der Waals surface area contributed by atoms with Crippen LogP contribution >= 0.6 is 0 Å². The summed E-state index contributed by atoms with van der Waals surface area (Å²) in [5, 5.41) is 5.38. The van der Waals surface area contributed by atoms with Crippen LogP contribution in [0.15, 0.2) is 47.1 Å². The zero-order valence-corrected chi connectivity index (χ0v) is 13.5. The van der Waals surface area contributed by atoms with Gasteiger partial charge in [0.05, 0.1) is 18.6 Å². The molecule has 0 aliphatic heterocycles. The molecule has 1 aromatic carbocycles. The third kappa shape index (κ3) is 5.76. The topological polar surface area (TPSA) is 100 Å². The molecule has 124 valence electrons. The van der Waals surface area contributed by atoms with E-state index in [1.165, 1.54) is 7.05 Å². The minimum atomic E-state index is -3.31. The van der Waals surface area contributed by atoms with Gasteiger partial charge >= 0.3 is 6.03 Å². The van der Waals surface area contributed by atoms with Gasteiger partial charge in [0, 0.05) is 6.54 Å². The minimum absolute atomic E-state index is 0.0952. The van der Waals surface area contributed by atoms with E-state index in [9.17, 15) is 13.2 Å². The normalized spacial score (nSPS) is 11.2. The number of carbonyl (C=O) groups excluding carboxylic acids is 1. The Hall–Kier alpha value is -2.32. The van der Waals surface area contributed by atoms with E-state index < -0.39 is 10.0 Å². The third-order valence-corrected chi connectivity index (χ3v) is 4.45. The summed E-state index contributed by atoms with van der Waals surface area (Å²) in [6, 6.07) is 10.3. The second-order valence-corrected chi connectivity index (χ2v) is 6.83. The second-order valence-electron chi connectivity index (χ2n) is 4.90. The monoisotopic (exact) mass is 337 g/mol. The van der Waals surface area contributed by atoms with E-state index in [1.54, 1.807) is 36.6 Å². The van der Waals surface area contributed by atoms with Gasteiger partial charge in [0.25, 0.3) is 0 Å². The highest BCUT2D eigenvalue weighted by Crippen LogP contribution is 2.08. The lowest BCUT2D eigenvalue weighted by Crippen LogP contribution is -2.34. The number of nitrogens with one attached hydrogen (secondary N) is 3. The Morgan fingerprint density at radius 3 is 2.52 bits per heavy atom. The summed E-state index contributed by atoms with van der Waals surface area (Å²) in [6.07, 6.45) is 1.54. The number of rotatable bonds is 7. The molecule has 1 aromatic heterocycles. The lowest BCUT2D eigenvalue weighted by molar-refractivity contribution is 0.239. The number of furan rings is 1. The predicted molar refractivity (Wildman–Crippen MR) is 85.9 cm³/mol. The van der Waals surface area contributed by atoms with Gasteiger partial charge in [0.1, 0.15) is 5.76 Å². The Bertz CT molecular complexity index is 742. The summed E-state index contributed by atoms with van der Waals surface area (Å²) in [6.45, 7) is 0.608. The van der Waals surface area contributed by atoms with Gasteiger partial charge < -0.3 is 15.1 Å². The maximum Gasteiger partial charge on any atom is 0.315 e. The number of urea groups is 1. The smallest absolute Gasteiger partial charge is 0.315 e. The van der Waals surface area contributed by atoms with Crippen LogP contribution in [0.25, 0.3) is 0 Å². The molecule has 2 amide bonds. The first-order valence-corrected chi connectivity index (χ1v) is 8.67. The highest BCUT2D eigenvalue weighted by Gasteiger charge is 2.09. The molecule has 0 atom stereocenters. The second kappa shape index (κ2) is 7.80. The van der Waals surface area contributed by atoms with Crippen LogP contribution in [0.4, 0.5) is 4.79 Å². The average molecular weight is 337 g/mol. The van der Waals surface area contributed by atoms with Crippen molar-refractivity contribution in [2.24, 2.45) is 0 Å². The van der Waals surface area contributed by atoms with Crippen molar-refractivity contribution in [2.45, 2.75) is 18.8 Å². The quantitative estimate of drug-likeness (QED) is 0.709. The summed E-state index contributed by atoms with van der Waals surface area (Å²) < 4.78 is 30.5. The number of hydrogen-bond acceptors (Lipinski definition) is 4. The van der Waals surface area contributed by atoms with Crippen LogP contribution in [0.5, 0.6) is 0 Å². The van der Waals surface area contributed by atoms with Gasteiger partial charge in [0.2, 0.25) is 10.0 Å². The number of sulfonamides is 1. The maximum absolute atomic E-state index is 11.7. The van der Waals surface area contributed by atoms with E-state index in [-0.39, 0.29) is 11.8 Å². The Balaban J connectivity index is 1.84. The van der Waals surface area contributed by atoms with Gasteiger partial charge in [0.15, 0.2) is 0 Å². The largest absolute Gasteiger partial charge is 0.467 e. The van der Waals surface area contributed by atoms with Crippen LogP contribution in [0.3, 0.4) is 0 Å². The van der Waals surface area contributed by atoms with E-state index in [1.807, 2.05) is 6.07 Å². The van der Waals surface area contributed by atoms with Crippen LogP contribution < -0.4 is 15.4 Å². The van der Waals surface area contributed by atoms with Gasteiger partial charge in [-0.25, -0.2) is 17.9 Å². The fourth-order valence-corrected chi connectivity index (χ4v) is 2.71. The molecule has 2 aromatic rings. The zero-order chi connectivity index (χ0) is 16.7. The van der Waals surface area contributed by atoms with Crippen molar-refractivity contribution in [1.82, 2.24) is 15.4 Å². The summed E-state index contributed by atoms with van der Waals surface area (Å²) in [4.78, 5) is 11.7. The number of benzene rings is 1. The average Bonchev–Trinajstić information content (AvgIpc) is 3.04. The molecule has 0 unspecified atom stereocenters. The van der Waals surface area contributed by atoms with Gasteiger partial charge in [-0.3, -0.25) is 0 Å². The maximum atomic E-state index is 11.7. The highest BCUT2D eigenvalue weighted by molar-refractivity contribution is 7.88. The molecule has 0 spiro atoms. The Morgan fingerprint density at radius 2 is 1.83 bits per heavy atom. The van der Waals surface area contributed by atoms with Crippen molar-refractivity contribution in [2.75, 3.05) is 7.05 Å². The van der Waals surface area contributed by atoms with Crippen molar-refractivity contribution in [3.8, 4) is 0 Å². The zero-order valence-electron chi connectivity index (χ0n) is 12.7. The number of amides is 2. The molecule has 2 rings (SSSR count). The number of carbonyl (C=O) groups is 1. The molecule has 0 fully saturated rings. The third-order valence-electron chi connectivity index (χ3n) is 3.12. The molecule has 0 radical (unpaired) electrons. The van der Waals surface area contributed by atoms with Crippen molar-refractivity contribution in [3.63, 3.8) is 0 Å². The van der Waals surface area contributed by atoms with E-state index in [0.717, 1.165) is 5.56 Å². The molecule has 0 bridgehead atoms. The van der Waals surface area contributed by atoms with Crippen LogP contribution in [-0.2, 0) is 28.9 Å². The molecule has 0 aliphatic rings. The SMILES string of the molecule is CNS(=O)(=O)Cc1cccc(CNC(=O)NCc2ccco2)c1. The molecular weight excluding hydrogens is 318 g/mol. The molecule has 1 heterocycles. The van der Waals surface area contributed by atoms with Crippen molar-refractivity contribution >= 4 is 16.1 Å². The van der Waals surface area contributed by atoms with E-state index in [0.29, 0.717) is 24.4 Å². The summed E-state index contributed by atoms with van der Waals surface area (Å²) in [5.74, 6) is 0.571. The van der Waals surface area contributed by atoms with Crippen molar-refractivity contribution < 1.29 is 17.6 Å². The first-order chi connectivity index (χ1) is 11.0. The van der Waals surface area contributed by atoms with Crippen molar-refractivity contribution in [3.05, 3.63) is 59.5 Å². The number of hydrogen-bond donors (Lipinski definition) is 3. The molecule has 23 heavy (non-hydrogen) atoms. The molecule has 0 aliphatic carbocycles. The molecule has 0 saturated carbocycles. The summed E-state index contributed by atoms with van der Waals surface area (Å²) in [7, 11) is -1.94. The van der Waals surface area contributed by atoms with Gasteiger partial charge in [-0.1, -0.05) is 24.3 Å². The van der Waals surface area contributed by atoms with Crippen LogP contribution in [0.2, 0.25) is 0 Å². The van der Waals surface area contributed by atoms with Crippen molar-refractivity contribution in [1.29, 1.82) is 0 Å². The molecular formula is C15H19N3O4S. The molecule has 0 saturated heterocycles. The first kappa shape index (κ1) is 17.0. The van der Waals surface area contributed by atoms with Gasteiger partial charge in [-0.15, -0.1) is 0 Å². The standard InChI is InChI=1S/C15H19N3O4S/c1-16-23(20,21)11-13-5-2-4-12(8-13)9-17-15(19)18-10-14-6-3-7-22-14/h2-8,16H,9-11H2,1H3,(H2,17,18,19). The Morgan fingerprint density at radius 1 is 1.09 bits per heavy atom. The van der Waals surface area contributed by atoms with E-state index in [2.05, 4.69) is 15.4 Å². The van der Waals surface area contributed by atoms with Crippen LogP contribution in [-0.4, -0.2) is 21.5 Å². The minimum Gasteiger partial charge on any atom is -0.467 e. The summed E-state index contributed by atoms with van der Waals surface area (Å²) >= 11 is 0. The van der Waals surface area contributed by atoms with Gasteiger partial charge in [-0.2, -0.15) is 0 Å². The first-order valence-electron chi connectivity index (χ1n) is 7.01. The van der Waals surface area contributed by atoms with Crippen LogP contribution in [0.1, 0.15) is 16.9 Å². The van der Waals surface area contributed by atoms with E-state index in [4.69, 9.17) is 4.42 Å².